The minimum Gasteiger partial charge on any atom is -0.475 e. The van der Waals surface area contributed by atoms with Crippen LogP contribution >= 0.6 is 22.9 Å². The summed E-state index contributed by atoms with van der Waals surface area (Å²) in [5.41, 5.74) is 0.876. The fraction of sp³-hybridized carbons (Fsp3) is 0.350. The molecule has 1 amide bonds. The van der Waals surface area contributed by atoms with Gasteiger partial charge in [-0.25, -0.2) is 9.97 Å². The zero-order valence-corrected chi connectivity index (χ0v) is 17.7. The van der Waals surface area contributed by atoms with Gasteiger partial charge in [-0.3, -0.25) is 4.79 Å². The van der Waals surface area contributed by atoms with Crippen LogP contribution in [0.4, 0.5) is 0 Å². The van der Waals surface area contributed by atoms with Gasteiger partial charge in [-0.05, 0) is 25.1 Å². The van der Waals surface area contributed by atoms with Gasteiger partial charge in [-0.1, -0.05) is 25.4 Å². The topological polar surface area (TPSA) is 73.3 Å². The number of benzene rings is 1. The van der Waals surface area contributed by atoms with Crippen molar-refractivity contribution in [3.05, 3.63) is 40.5 Å². The predicted octanol–water partition coefficient (Wildman–Crippen LogP) is 5.16. The van der Waals surface area contributed by atoms with Gasteiger partial charge in [0.1, 0.15) is 23.1 Å². The Balaban J connectivity index is 1.68. The molecule has 0 fully saturated rings. The Hall–Kier alpha value is -2.38. The summed E-state index contributed by atoms with van der Waals surface area (Å²) < 4.78 is 12.4. The van der Waals surface area contributed by atoms with Crippen molar-refractivity contribution in [2.45, 2.75) is 39.7 Å². The van der Waals surface area contributed by atoms with Gasteiger partial charge in [0.2, 0.25) is 11.8 Å². The van der Waals surface area contributed by atoms with Gasteiger partial charge in [0, 0.05) is 18.9 Å². The van der Waals surface area contributed by atoms with Gasteiger partial charge in [0.25, 0.3) is 0 Å². The lowest BCUT2D eigenvalue weighted by Gasteiger charge is -2.13. The summed E-state index contributed by atoms with van der Waals surface area (Å²) in [6.45, 7) is 7.88. The molecule has 0 radical (unpaired) electrons. The average Bonchev–Trinajstić information content (AvgIpc) is 3.08. The Labute approximate surface area is 172 Å². The zero-order chi connectivity index (χ0) is 20.3. The molecule has 0 aliphatic heterocycles. The first-order valence-corrected chi connectivity index (χ1v) is 10.2. The SMILES string of the molecule is CC(=O)NC(C)COc1ccc(Oc2ccc3nc(C(C)C)sc3c2Cl)cn1. The quantitative estimate of drug-likeness (QED) is 0.572. The Kier molecular flexibility index (Phi) is 6.36. The van der Waals surface area contributed by atoms with Gasteiger partial charge in [-0.15, -0.1) is 11.3 Å². The van der Waals surface area contributed by atoms with Crippen LogP contribution in [-0.4, -0.2) is 28.5 Å². The van der Waals surface area contributed by atoms with E-state index in [-0.39, 0.29) is 11.9 Å². The number of thiazole rings is 1. The standard InChI is InChI=1S/C20H22ClN3O3S/c1-11(2)20-24-15-6-7-16(18(21)19(15)28-20)27-14-5-8-17(22-9-14)26-10-12(3)23-13(4)25/h5-9,11-12H,10H2,1-4H3,(H,23,25). The number of nitrogens with one attached hydrogen (secondary N) is 1. The highest BCUT2D eigenvalue weighted by Crippen LogP contribution is 2.39. The average molecular weight is 420 g/mol. The van der Waals surface area contributed by atoms with E-state index in [2.05, 4.69) is 29.1 Å². The van der Waals surface area contributed by atoms with Crippen molar-refractivity contribution >= 4 is 39.1 Å². The number of carbonyl (C=O) groups is 1. The van der Waals surface area contributed by atoms with E-state index in [1.165, 1.54) is 6.92 Å². The number of hydrogen-bond acceptors (Lipinski definition) is 6. The maximum absolute atomic E-state index is 11.0. The van der Waals surface area contributed by atoms with E-state index < -0.39 is 0 Å². The normalized spacial score (nSPS) is 12.2. The lowest BCUT2D eigenvalue weighted by atomic mass is 10.2. The third-order valence-electron chi connectivity index (χ3n) is 3.84. The third kappa shape index (κ3) is 4.91. The first-order chi connectivity index (χ1) is 13.3. The Morgan fingerprint density at radius 3 is 2.68 bits per heavy atom. The second kappa shape index (κ2) is 8.75. The highest BCUT2D eigenvalue weighted by Gasteiger charge is 2.14. The number of halogens is 1. The largest absolute Gasteiger partial charge is 0.475 e. The lowest BCUT2D eigenvalue weighted by Crippen LogP contribution is -2.35. The second-order valence-corrected chi connectivity index (χ2v) is 8.19. The van der Waals surface area contributed by atoms with Gasteiger partial charge >= 0.3 is 0 Å². The molecule has 0 saturated carbocycles. The molecule has 3 rings (SSSR count). The first kappa shape index (κ1) is 20.4. The molecule has 1 aromatic carbocycles. The molecule has 148 valence electrons. The fourth-order valence-electron chi connectivity index (χ4n) is 2.52. The lowest BCUT2D eigenvalue weighted by molar-refractivity contribution is -0.119. The molecule has 0 bridgehead atoms. The van der Waals surface area contributed by atoms with E-state index in [0.717, 1.165) is 15.2 Å². The van der Waals surface area contributed by atoms with Crippen LogP contribution in [0.2, 0.25) is 5.02 Å². The van der Waals surface area contributed by atoms with Crippen molar-refractivity contribution in [2.75, 3.05) is 6.61 Å². The molecule has 2 heterocycles. The molecular formula is C20H22ClN3O3S. The van der Waals surface area contributed by atoms with E-state index in [4.69, 9.17) is 21.1 Å². The van der Waals surface area contributed by atoms with E-state index in [0.29, 0.717) is 34.9 Å². The van der Waals surface area contributed by atoms with Crippen LogP contribution in [0, 0.1) is 0 Å². The Bertz CT molecular complexity index is 973. The van der Waals surface area contributed by atoms with Gasteiger partial charge in [0.05, 0.1) is 27.5 Å². The van der Waals surface area contributed by atoms with Crippen LogP contribution in [0.25, 0.3) is 10.2 Å². The summed E-state index contributed by atoms with van der Waals surface area (Å²) in [5.74, 6) is 1.82. The monoisotopic (exact) mass is 419 g/mol. The highest BCUT2D eigenvalue weighted by atomic mass is 35.5. The molecule has 1 atom stereocenters. The van der Waals surface area contributed by atoms with Crippen molar-refractivity contribution in [1.29, 1.82) is 0 Å². The van der Waals surface area contributed by atoms with Crippen molar-refractivity contribution in [1.82, 2.24) is 15.3 Å². The molecule has 0 aliphatic carbocycles. The Morgan fingerprint density at radius 2 is 2.04 bits per heavy atom. The van der Waals surface area contributed by atoms with Gasteiger partial charge < -0.3 is 14.8 Å². The third-order valence-corrected chi connectivity index (χ3v) is 5.72. The Morgan fingerprint density at radius 1 is 1.25 bits per heavy atom. The molecule has 2 aromatic heterocycles. The fourth-order valence-corrected chi connectivity index (χ4v) is 3.83. The summed E-state index contributed by atoms with van der Waals surface area (Å²) in [5, 5.41) is 4.35. The van der Waals surface area contributed by atoms with E-state index in [1.807, 2.05) is 19.1 Å². The number of ether oxygens (including phenoxy) is 2. The van der Waals surface area contributed by atoms with Crippen molar-refractivity contribution in [3.63, 3.8) is 0 Å². The minimum absolute atomic E-state index is 0.0943. The number of amides is 1. The first-order valence-electron chi connectivity index (χ1n) is 8.96. The van der Waals surface area contributed by atoms with Crippen LogP contribution in [0.15, 0.2) is 30.5 Å². The number of fused-ring (bicyclic) bond motifs is 1. The molecule has 28 heavy (non-hydrogen) atoms. The molecule has 0 aliphatic rings. The molecular weight excluding hydrogens is 398 g/mol. The smallest absolute Gasteiger partial charge is 0.217 e. The summed E-state index contributed by atoms with van der Waals surface area (Å²) in [6, 6.07) is 7.10. The number of pyridine rings is 1. The van der Waals surface area contributed by atoms with Gasteiger partial charge in [-0.2, -0.15) is 0 Å². The van der Waals surface area contributed by atoms with Crippen molar-refractivity contribution in [3.8, 4) is 17.4 Å². The second-order valence-electron chi connectivity index (χ2n) is 6.78. The molecule has 0 saturated heterocycles. The van der Waals surface area contributed by atoms with Gasteiger partial charge in [0.15, 0.2) is 0 Å². The molecule has 6 nitrogen and oxygen atoms in total. The summed E-state index contributed by atoms with van der Waals surface area (Å²) in [7, 11) is 0. The number of nitrogens with zero attached hydrogens (tertiary/aromatic N) is 2. The number of hydrogen-bond donors (Lipinski definition) is 1. The van der Waals surface area contributed by atoms with Crippen LogP contribution in [0.1, 0.15) is 38.6 Å². The van der Waals surface area contributed by atoms with E-state index >= 15 is 0 Å². The van der Waals surface area contributed by atoms with Crippen LogP contribution in [-0.2, 0) is 4.79 Å². The van der Waals surface area contributed by atoms with Crippen LogP contribution in [0.5, 0.6) is 17.4 Å². The molecule has 0 spiro atoms. The summed E-state index contributed by atoms with van der Waals surface area (Å²) in [6.07, 6.45) is 1.57. The number of rotatable bonds is 7. The van der Waals surface area contributed by atoms with Crippen LogP contribution in [0.3, 0.4) is 0 Å². The number of carbonyl (C=O) groups excluding carboxylic acids is 1. The van der Waals surface area contributed by atoms with Crippen LogP contribution < -0.4 is 14.8 Å². The number of aromatic nitrogens is 2. The molecule has 3 aromatic rings. The molecule has 1 unspecified atom stereocenters. The summed E-state index contributed by atoms with van der Waals surface area (Å²) in [4.78, 5) is 19.9. The van der Waals surface area contributed by atoms with Crippen molar-refractivity contribution < 1.29 is 14.3 Å². The van der Waals surface area contributed by atoms with E-state index in [9.17, 15) is 4.79 Å². The predicted molar refractivity (Wildman–Crippen MR) is 112 cm³/mol. The molecule has 1 N–H and O–H groups in total. The maximum Gasteiger partial charge on any atom is 0.217 e. The zero-order valence-electron chi connectivity index (χ0n) is 16.2. The highest BCUT2D eigenvalue weighted by molar-refractivity contribution is 7.19. The minimum atomic E-state index is -0.101. The summed E-state index contributed by atoms with van der Waals surface area (Å²) >= 11 is 8.12. The van der Waals surface area contributed by atoms with E-state index in [1.54, 1.807) is 29.7 Å². The molecule has 8 heteroatoms. The maximum atomic E-state index is 11.0. The van der Waals surface area contributed by atoms with Crippen molar-refractivity contribution in [2.24, 2.45) is 0 Å².